The van der Waals surface area contributed by atoms with Gasteiger partial charge in [-0.3, -0.25) is 19.1 Å². The number of amides is 1. The highest BCUT2D eigenvalue weighted by Crippen LogP contribution is 2.40. The standard InChI is InChI=1S/C22H29N5O4/c1-12(19(28)23-11-13-5-3-2-4-6-13)31-21-16-18(24-17(25-21)14-7-8-14)27(15-9-10-15)22(30)26-20(16)29/h12-15H,2-11H2,1H3,(H,23,28)(H,26,29,30). The van der Waals surface area contributed by atoms with Gasteiger partial charge < -0.3 is 10.1 Å². The number of carbonyl (C=O) groups is 1. The molecule has 0 saturated heterocycles. The maximum atomic E-state index is 12.7. The molecule has 0 aromatic carbocycles. The van der Waals surface area contributed by atoms with E-state index in [1.807, 2.05) is 0 Å². The quantitative estimate of drug-likeness (QED) is 0.699. The minimum atomic E-state index is -0.811. The Hall–Kier alpha value is -2.71. The van der Waals surface area contributed by atoms with Crippen molar-refractivity contribution >= 4 is 16.9 Å². The molecule has 2 aromatic heterocycles. The summed E-state index contributed by atoms with van der Waals surface area (Å²) in [6.07, 6.45) is 8.88. The second-order valence-electron chi connectivity index (χ2n) is 9.23. The number of H-pyrrole nitrogens is 1. The van der Waals surface area contributed by atoms with Gasteiger partial charge >= 0.3 is 5.69 Å². The van der Waals surface area contributed by atoms with Crippen LogP contribution in [0.5, 0.6) is 5.88 Å². The van der Waals surface area contributed by atoms with Crippen LogP contribution in [-0.2, 0) is 4.79 Å². The van der Waals surface area contributed by atoms with Crippen LogP contribution in [0.25, 0.3) is 11.0 Å². The molecule has 2 heterocycles. The largest absolute Gasteiger partial charge is 0.464 e. The topological polar surface area (TPSA) is 119 Å². The smallest absolute Gasteiger partial charge is 0.330 e. The monoisotopic (exact) mass is 427 g/mol. The first-order chi connectivity index (χ1) is 15.0. The van der Waals surface area contributed by atoms with Gasteiger partial charge in [0, 0.05) is 18.5 Å². The first kappa shape index (κ1) is 20.2. The van der Waals surface area contributed by atoms with Gasteiger partial charge in [0.25, 0.3) is 11.5 Å². The fourth-order valence-electron chi connectivity index (χ4n) is 4.42. The van der Waals surface area contributed by atoms with Crippen LogP contribution in [0.1, 0.15) is 82.5 Å². The van der Waals surface area contributed by atoms with Crippen LogP contribution in [0, 0.1) is 5.92 Å². The van der Waals surface area contributed by atoms with Crippen molar-refractivity contribution in [2.24, 2.45) is 5.92 Å². The second-order valence-corrected chi connectivity index (χ2v) is 9.23. The van der Waals surface area contributed by atoms with E-state index in [0.717, 1.165) is 38.5 Å². The summed E-state index contributed by atoms with van der Waals surface area (Å²) in [6.45, 7) is 2.30. The van der Waals surface area contributed by atoms with Gasteiger partial charge in [0.05, 0.1) is 0 Å². The summed E-state index contributed by atoms with van der Waals surface area (Å²) >= 11 is 0. The predicted molar refractivity (Wildman–Crippen MR) is 114 cm³/mol. The predicted octanol–water partition coefficient (Wildman–Crippen LogP) is 2.16. The normalized spacial score (nSPS) is 20.5. The van der Waals surface area contributed by atoms with Gasteiger partial charge in [0.2, 0.25) is 5.88 Å². The maximum Gasteiger partial charge on any atom is 0.330 e. The highest BCUT2D eigenvalue weighted by atomic mass is 16.5. The Morgan fingerprint density at radius 1 is 1.13 bits per heavy atom. The van der Waals surface area contributed by atoms with E-state index in [4.69, 9.17) is 4.74 Å². The van der Waals surface area contributed by atoms with Crippen LogP contribution < -0.4 is 21.3 Å². The number of hydrogen-bond acceptors (Lipinski definition) is 6. The third-order valence-corrected chi connectivity index (χ3v) is 6.57. The Morgan fingerprint density at radius 2 is 1.87 bits per heavy atom. The number of carbonyl (C=O) groups excluding carboxylic acids is 1. The number of hydrogen-bond donors (Lipinski definition) is 2. The number of nitrogens with one attached hydrogen (secondary N) is 2. The van der Waals surface area contributed by atoms with Crippen molar-refractivity contribution in [3.8, 4) is 5.88 Å². The Balaban J connectivity index is 1.43. The van der Waals surface area contributed by atoms with Crippen molar-refractivity contribution in [2.75, 3.05) is 6.54 Å². The molecule has 1 amide bonds. The molecule has 1 unspecified atom stereocenters. The van der Waals surface area contributed by atoms with E-state index in [-0.39, 0.29) is 29.1 Å². The van der Waals surface area contributed by atoms with Gasteiger partial charge in [-0.1, -0.05) is 19.3 Å². The summed E-state index contributed by atoms with van der Waals surface area (Å²) in [4.78, 5) is 49.2. The van der Waals surface area contributed by atoms with Crippen molar-refractivity contribution < 1.29 is 9.53 Å². The summed E-state index contributed by atoms with van der Waals surface area (Å²) in [5, 5.41) is 3.13. The lowest BCUT2D eigenvalue weighted by molar-refractivity contribution is -0.127. The lowest BCUT2D eigenvalue weighted by atomic mass is 9.89. The molecule has 9 heteroatoms. The van der Waals surface area contributed by atoms with Gasteiger partial charge in [-0.2, -0.15) is 4.98 Å². The average Bonchev–Trinajstić information content (AvgIpc) is 3.65. The van der Waals surface area contributed by atoms with E-state index in [9.17, 15) is 14.4 Å². The fourth-order valence-corrected chi connectivity index (χ4v) is 4.42. The van der Waals surface area contributed by atoms with E-state index >= 15 is 0 Å². The molecule has 9 nitrogen and oxygen atoms in total. The highest BCUT2D eigenvalue weighted by molar-refractivity contribution is 5.83. The Labute approximate surface area is 179 Å². The molecule has 166 valence electrons. The minimum Gasteiger partial charge on any atom is -0.464 e. The number of ether oxygens (including phenoxy) is 1. The van der Waals surface area contributed by atoms with Crippen LogP contribution >= 0.6 is 0 Å². The first-order valence-electron chi connectivity index (χ1n) is 11.5. The molecule has 0 bridgehead atoms. The van der Waals surface area contributed by atoms with Crippen LogP contribution in [0.4, 0.5) is 0 Å². The van der Waals surface area contributed by atoms with Gasteiger partial charge in [-0.05, 0) is 51.4 Å². The molecule has 2 N–H and O–H groups in total. The molecule has 3 fully saturated rings. The zero-order valence-electron chi connectivity index (χ0n) is 17.9. The fraction of sp³-hybridized carbons (Fsp3) is 0.682. The van der Waals surface area contributed by atoms with Crippen molar-refractivity contribution in [1.82, 2.24) is 24.8 Å². The summed E-state index contributed by atoms with van der Waals surface area (Å²) in [5.74, 6) is 1.17. The molecule has 3 aliphatic carbocycles. The summed E-state index contributed by atoms with van der Waals surface area (Å²) in [7, 11) is 0. The Bertz CT molecular complexity index is 1110. The maximum absolute atomic E-state index is 12.7. The zero-order chi connectivity index (χ0) is 21.5. The van der Waals surface area contributed by atoms with Gasteiger partial charge in [-0.15, -0.1) is 0 Å². The third kappa shape index (κ3) is 4.22. The van der Waals surface area contributed by atoms with Crippen LogP contribution in [0.2, 0.25) is 0 Å². The summed E-state index contributed by atoms with van der Waals surface area (Å²) in [5.41, 5.74) is -0.716. The van der Waals surface area contributed by atoms with E-state index in [2.05, 4.69) is 20.3 Å². The number of aromatic nitrogens is 4. The molecular formula is C22H29N5O4. The molecule has 1 atom stereocenters. The van der Waals surface area contributed by atoms with Gasteiger partial charge in [0.1, 0.15) is 11.2 Å². The second kappa shape index (κ2) is 8.09. The molecule has 31 heavy (non-hydrogen) atoms. The van der Waals surface area contributed by atoms with Crippen molar-refractivity contribution in [3.63, 3.8) is 0 Å². The Kier molecular flexibility index (Phi) is 5.27. The molecule has 0 aliphatic heterocycles. The van der Waals surface area contributed by atoms with Crippen molar-refractivity contribution in [1.29, 1.82) is 0 Å². The number of rotatable bonds is 7. The first-order valence-corrected chi connectivity index (χ1v) is 11.5. The SMILES string of the molecule is CC(Oc1nc(C2CC2)nc2c1c(=O)[nH]c(=O)n2C1CC1)C(=O)NCC1CCCCC1. The van der Waals surface area contributed by atoms with Crippen LogP contribution in [0.15, 0.2) is 9.59 Å². The number of fused-ring (bicyclic) bond motifs is 1. The molecular weight excluding hydrogens is 398 g/mol. The molecule has 0 spiro atoms. The molecule has 3 saturated carbocycles. The lowest BCUT2D eigenvalue weighted by Crippen LogP contribution is -2.39. The van der Waals surface area contributed by atoms with Crippen molar-refractivity contribution in [3.05, 3.63) is 26.7 Å². The van der Waals surface area contributed by atoms with Gasteiger partial charge in [0.15, 0.2) is 11.8 Å². The van der Waals surface area contributed by atoms with Crippen LogP contribution in [0.3, 0.4) is 0 Å². The molecule has 0 radical (unpaired) electrons. The lowest BCUT2D eigenvalue weighted by Gasteiger charge is -2.23. The number of aromatic amines is 1. The zero-order valence-corrected chi connectivity index (χ0v) is 17.9. The van der Waals surface area contributed by atoms with E-state index in [0.29, 0.717) is 23.9 Å². The van der Waals surface area contributed by atoms with E-state index in [1.165, 1.54) is 19.3 Å². The summed E-state index contributed by atoms with van der Waals surface area (Å²) < 4.78 is 7.47. The van der Waals surface area contributed by atoms with Crippen LogP contribution in [-0.4, -0.2) is 38.1 Å². The molecule has 2 aromatic rings. The highest BCUT2D eigenvalue weighted by Gasteiger charge is 2.33. The molecule has 5 rings (SSSR count). The minimum absolute atomic E-state index is 0.0397. The molecule has 3 aliphatic rings. The van der Waals surface area contributed by atoms with E-state index < -0.39 is 17.4 Å². The van der Waals surface area contributed by atoms with E-state index in [1.54, 1.807) is 11.5 Å². The number of nitrogens with zero attached hydrogens (tertiary/aromatic N) is 3. The Morgan fingerprint density at radius 3 is 2.55 bits per heavy atom. The third-order valence-electron chi connectivity index (χ3n) is 6.57. The summed E-state index contributed by atoms with van der Waals surface area (Å²) in [6, 6.07) is 0.0397. The average molecular weight is 428 g/mol. The van der Waals surface area contributed by atoms with Crippen molar-refractivity contribution in [2.45, 2.75) is 82.8 Å². The van der Waals surface area contributed by atoms with Gasteiger partial charge in [-0.25, -0.2) is 9.78 Å².